The predicted molar refractivity (Wildman–Crippen MR) is 70.3 cm³/mol. The van der Waals surface area contributed by atoms with Crippen molar-refractivity contribution < 1.29 is 19.4 Å². The third-order valence-electron chi connectivity index (χ3n) is 3.08. The van der Waals surface area contributed by atoms with Crippen LogP contribution in [0.25, 0.3) is 0 Å². The van der Waals surface area contributed by atoms with Crippen molar-refractivity contribution in [3.8, 4) is 0 Å². The van der Waals surface area contributed by atoms with Gasteiger partial charge in [0.2, 0.25) is 0 Å². The Balaban J connectivity index is 1.82. The number of rotatable bonds is 5. The van der Waals surface area contributed by atoms with Gasteiger partial charge in [-0.1, -0.05) is 36.4 Å². The fourth-order valence-corrected chi connectivity index (χ4v) is 2.10. The molecular weight excluding hydrogens is 244 g/mol. The van der Waals surface area contributed by atoms with Gasteiger partial charge in [-0.2, -0.15) is 0 Å². The highest BCUT2D eigenvalue weighted by Crippen LogP contribution is 2.23. The smallest absolute Gasteiger partial charge is 0.303 e. The van der Waals surface area contributed by atoms with E-state index in [1.54, 1.807) is 12.2 Å². The van der Waals surface area contributed by atoms with Gasteiger partial charge in [0.25, 0.3) is 0 Å². The summed E-state index contributed by atoms with van der Waals surface area (Å²) in [5, 5.41) is 9.81. The molecule has 0 bridgehead atoms. The van der Waals surface area contributed by atoms with E-state index in [1.165, 1.54) is 6.92 Å². The minimum atomic E-state index is -0.625. The van der Waals surface area contributed by atoms with Crippen molar-refractivity contribution in [3.63, 3.8) is 0 Å². The summed E-state index contributed by atoms with van der Waals surface area (Å²) < 4.78 is 10.7. The molecule has 3 atom stereocenters. The number of benzene rings is 1. The molecule has 0 aliphatic heterocycles. The van der Waals surface area contributed by atoms with Gasteiger partial charge in [0, 0.05) is 6.92 Å². The first-order valence-corrected chi connectivity index (χ1v) is 6.32. The number of carbonyl (C=O) groups is 1. The lowest BCUT2D eigenvalue weighted by Crippen LogP contribution is -2.31. The summed E-state index contributed by atoms with van der Waals surface area (Å²) >= 11 is 0. The molecule has 1 N–H and O–H groups in total. The highest BCUT2D eigenvalue weighted by atomic mass is 16.5. The zero-order valence-electron chi connectivity index (χ0n) is 10.9. The fraction of sp³-hybridized carbons (Fsp3) is 0.400. The second kappa shape index (κ2) is 6.50. The molecule has 4 nitrogen and oxygen atoms in total. The van der Waals surface area contributed by atoms with Gasteiger partial charge in [-0.05, 0) is 11.6 Å². The Labute approximate surface area is 112 Å². The van der Waals surface area contributed by atoms with Gasteiger partial charge >= 0.3 is 5.97 Å². The summed E-state index contributed by atoms with van der Waals surface area (Å²) in [6.45, 7) is 2.19. The lowest BCUT2D eigenvalue weighted by atomic mass is 10.0. The Hall–Kier alpha value is -1.65. The van der Waals surface area contributed by atoms with Crippen molar-refractivity contribution in [1.29, 1.82) is 0 Å². The molecule has 0 heterocycles. The molecule has 1 aliphatic rings. The van der Waals surface area contributed by atoms with Crippen LogP contribution >= 0.6 is 0 Å². The van der Waals surface area contributed by atoms with Gasteiger partial charge in [-0.3, -0.25) is 4.79 Å². The molecule has 0 unspecified atom stereocenters. The van der Waals surface area contributed by atoms with Crippen molar-refractivity contribution in [3.05, 3.63) is 48.0 Å². The van der Waals surface area contributed by atoms with Crippen molar-refractivity contribution in [2.45, 2.75) is 25.7 Å². The lowest BCUT2D eigenvalue weighted by molar-refractivity contribution is -0.148. The number of esters is 1. The summed E-state index contributed by atoms with van der Waals surface area (Å²) in [7, 11) is 0. The summed E-state index contributed by atoms with van der Waals surface area (Å²) in [5.74, 6) is -0.579. The zero-order chi connectivity index (χ0) is 13.7. The monoisotopic (exact) mass is 262 g/mol. The third-order valence-corrected chi connectivity index (χ3v) is 3.08. The zero-order valence-corrected chi connectivity index (χ0v) is 10.9. The van der Waals surface area contributed by atoms with Gasteiger partial charge in [0.15, 0.2) is 0 Å². The maximum Gasteiger partial charge on any atom is 0.303 e. The van der Waals surface area contributed by atoms with Crippen LogP contribution in [0.15, 0.2) is 42.5 Å². The number of hydrogen-bond acceptors (Lipinski definition) is 4. The number of aliphatic hydroxyl groups is 1. The number of carbonyl (C=O) groups excluding carboxylic acids is 1. The van der Waals surface area contributed by atoms with Gasteiger partial charge in [0.05, 0.1) is 25.2 Å². The molecule has 2 rings (SSSR count). The Bertz CT molecular complexity index is 441. The van der Waals surface area contributed by atoms with Crippen LogP contribution in [-0.2, 0) is 20.9 Å². The van der Waals surface area contributed by atoms with Crippen LogP contribution in [0.2, 0.25) is 0 Å². The fourth-order valence-electron chi connectivity index (χ4n) is 2.10. The molecule has 0 spiro atoms. The summed E-state index contributed by atoms with van der Waals surface area (Å²) in [4.78, 5) is 11.0. The second-order valence-corrected chi connectivity index (χ2v) is 4.61. The standard InChI is InChI=1S/C15H18O4/c1-11(16)19-15-8-7-14(17)13(15)10-18-9-12-5-3-2-4-6-12/h2-8,13-15,17H,9-10H2,1H3/t13-,14+,15-/m1/s1. The first-order chi connectivity index (χ1) is 9.16. The van der Waals surface area contributed by atoms with E-state index >= 15 is 0 Å². The molecular formula is C15H18O4. The van der Waals surface area contributed by atoms with E-state index in [9.17, 15) is 9.90 Å². The van der Waals surface area contributed by atoms with E-state index in [2.05, 4.69) is 0 Å². The first-order valence-electron chi connectivity index (χ1n) is 6.32. The second-order valence-electron chi connectivity index (χ2n) is 4.61. The predicted octanol–water partition coefficient (Wildman–Crippen LogP) is 1.68. The Morgan fingerprint density at radius 3 is 2.68 bits per heavy atom. The minimum Gasteiger partial charge on any atom is -0.458 e. The van der Waals surface area contributed by atoms with E-state index in [-0.39, 0.29) is 11.9 Å². The molecule has 0 radical (unpaired) electrons. The van der Waals surface area contributed by atoms with Gasteiger partial charge in [0.1, 0.15) is 6.10 Å². The van der Waals surface area contributed by atoms with E-state index < -0.39 is 12.2 Å². The topological polar surface area (TPSA) is 55.8 Å². The Morgan fingerprint density at radius 2 is 2.00 bits per heavy atom. The average molecular weight is 262 g/mol. The number of ether oxygens (including phenoxy) is 2. The molecule has 102 valence electrons. The number of aliphatic hydroxyl groups excluding tert-OH is 1. The SMILES string of the molecule is CC(=O)O[C@@H]1C=C[C@H](O)[C@H]1COCc1ccccc1. The van der Waals surface area contributed by atoms with Crippen LogP contribution in [0.1, 0.15) is 12.5 Å². The average Bonchev–Trinajstić information content (AvgIpc) is 2.72. The normalized spacial score (nSPS) is 25.5. The van der Waals surface area contributed by atoms with Gasteiger partial charge < -0.3 is 14.6 Å². The van der Waals surface area contributed by atoms with Crippen LogP contribution in [0.5, 0.6) is 0 Å². The third kappa shape index (κ3) is 3.91. The molecule has 4 heteroatoms. The molecule has 0 saturated heterocycles. The quantitative estimate of drug-likeness (QED) is 0.648. The van der Waals surface area contributed by atoms with Crippen LogP contribution in [0, 0.1) is 5.92 Å². The number of hydrogen-bond donors (Lipinski definition) is 1. The van der Waals surface area contributed by atoms with Crippen LogP contribution in [-0.4, -0.2) is 29.9 Å². The molecule has 1 aromatic carbocycles. The summed E-state index contributed by atoms with van der Waals surface area (Å²) in [6, 6.07) is 9.81. The van der Waals surface area contributed by atoms with Crippen molar-refractivity contribution in [1.82, 2.24) is 0 Å². The van der Waals surface area contributed by atoms with E-state index in [0.717, 1.165) is 5.56 Å². The van der Waals surface area contributed by atoms with Crippen LogP contribution < -0.4 is 0 Å². The first kappa shape index (κ1) is 13.8. The van der Waals surface area contributed by atoms with E-state index in [0.29, 0.717) is 13.2 Å². The van der Waals surface area contributed by atoms with Crippen molar-refractivity contribution >= 4 is 5.97 Å². The van der Waals surface area contributed by atoms with E-state index in [4.69, 9.17) is 9.47 Å². The minimum absolute atomic E-state index is 0.229. The molecule has 0 amide bonds. The molecule has 1 aliphatic carbocycles. The van der Waals surface area contributed by atoms with Crippen LogP contribution in [0.4, 0.5) is 0 Å². The largest absolute Gasteiger partial charge is 0.458 e. The summed E-state index contributed by atoms with van der Waals surface area (Å²) in [6.07, 6.45) is 2.33. The van der Waals surface area contributed by atoms with Gasteiger partial charge in [-0.25, -0.2) is 0 Å². The maximum atomic E-state index is 11.0. The highest BCUT2D eigenvalue weighted by Gasteiger charge is 2.32. The molecule has 0 aromatic heterocycles. The van der Waals surface area contributed by atoms with Crippen molar-refractivity contribution in [2.24, 2.45) is 5.92 Å². The maximum absolute atomic E-state index is 11.0. The Morgan fingerprint density at radius 1 is 1.26 bits per heavy atom. The Kier molecular flexibility index (Phi) is 4.71. The molecule has 19 heavy (non-hydrogen) atoms. The van der Waals surface area contributed by atoms with Gasteiger partial charge in [-0.15, -0.1) is 0 Å². The van der Waals surface area contributed by atoms with Crippen LogP contribution in [0.3, 0.4) is 0 Å². The summed E-state index contributed by atoms with van der Waals surface area (Å²) in [5.41, 5.74) is 1.08. The van der Waals surface area contributed by atoms with Crippen molar-refractivity contribution in [2.75, 3.05) is 6.61 Å². The lowest BCUT2D eigenvalue weighted by Gasteiger charge is -2.21. The van der Waals surface area contributed by atoms with E-state index in [1.807, 2.05) is 30.3 Å². The molecule has 0 fully saturated rings. The highest BCUT2D eigenvalue weighted by molar-refractivity contribution is 5.66. The molecule has 1 aromatic rings. The molecule has 0 saturated carbocycles.